The van der Waals surface area contributed by atoms with Gasteiger partial charge in [-0.3, -0.25) is 9.63 Å². The lowest BCUT2D eigenvalue weighted by molar-refractivity contribution is -0.138. The van der Waals surface area contributed by atoms with E-state index in [1.165, 1.54) is 0 Å². The number of aromatic nitrogens is 1. The minimum atomic E-state index is -4.53. The van der Waals surface area contributed by atoms with E-state index in [0.29, 0.717) is 17.7 Å². The molecule has 27 heavy (non-hydrogen) atoms. The van der Waals surface area contributed by atoms with E-state index in [9.17, 15) is 22.8 Å². The van der Waals surface area contributed by atoms with Gasteiger partial charge in [-0.25, -0.2) is 4.79 Å². The zero-order chi connectivity index (χ0) is 20.0. The molecule has 3 N–H and O–H groups in total. The monoisotopic (exact) mass is 382 g/mol. The third kappa shape index (κ3) is 5.59. The molecule has 0 bridgehead atoms. The van der Waals surface area contributed by atoms with Crippen LogP contribution in [0.15, 0.2) is 52.5 Å². The number of amides is 1. The zero-order valence-corrected chi connectivity index (χ0v) is 14.3. The lowest BCUT2D eigenvalue weighted by Crippen LogP contribution is -2.24. The molecule has 0 saturated heterocycles. The van der Waals surface area contributed by atoms with Crippen molar-refractivity contribution in [2.75, 3.05) is 6.54 Å². The number of nitrogens with zero attached hydrogens (tertiary/aromatic N) is 2. The van der Waals surface area contributed by atoms with Crippen LogP contribution in [0.25, 0.3) is 0 Å². The Labute approximate surface area is 152 Å². The maximum atomic E-state index is 12.8. The van der Waals surface area contributed by atoms with Crippen LogP contribution in [-0.2, 0) is 17.6 Å². The lowest BCUT2D eigenvalue weighted by Gasteiger charge is -2.11. The van der Waals surface area contributed by atoms with Gasteiger partial charge >= 0.3 is 12.3 Å². The Hall–Kier alpha value is -3.30. The Morgan fingerprint density at radius 2 is 1.89 bits per heavy atom. The number of amidine groups is 1. The standard InChI is InChI=1S/C17H17F3N4O3/c1-2-22-16(26)27-23-15(21)12-5-3-11(4-6-12)9-24-10-13(17(18,19)20)7-8-14(24)25/h3-8,10H,2,9H2,1H3,(H2,21,23)(H,22,26). The lowest BCUT2D eigenvalue weighted by atomic mass is 10.1. The Kier molecular flexibility index (Phi) is 6.22. The van der Waals surface area contributed by atoms with Crippen LogP contribution in [0.4, 0.5) is 18.0 Å². The molecule has 0 aliphatic rings. The molecule has 0 aliphatic heterocycles. The third-order valence-corrected chi connectivity index (χ3v) is 3.46. The normalized spacial score (nSPS) is 11.9. The van der Waals surface area contributed by atoms with Crippen molar-refractivity contribution in [3.05, 3.63) is 69.6 Å². The van der Waals surface area contributed by atoms with Crippen LogP contribution in [0.5, 0.6) is 0 Å². The fourth-order valence-electron chi connectivity index (χ4n) is 2.12. The fourth-order valence-corrected chi connectivity index (χ4v) is 2.12. The molecule has 1 aromatic heterocycles. The first-order valence-electron chi connectivity index (χ1n) is 7.86. The number of rotatable bonds is 5. The van der Waals surface area contributed by atoms with E-state index in [2.05, 4.69) is 15.3 Å². The van der Waals surface area contributed by atoms with Gasteiger partial charge in [0.1, 0.15) is 0 Å². The molecule has 0 unspecified atom stereocenters. The molecule has 0 radical (unpaired) electrons. The molecule has 0 saturated carbocycles. The molecule has 144 valence electrons. The number of alkyl halides is 3. The number of nitrogens with two attached hydrogens (primary N) is 1. The molecule has 2 aromatic rings. The van der Waals surface area contributed by atoms with Gasteiger partial charge in [-0.15, -0.1) is 0 Å². The molecule has 1 heterocycles. The van der Waals surface area contributed by atoms with Gasteiger partial charge in [0.05, 0.1) is 12.1 Å². The SMILES string of the molecule is CCNC(=O)O/N=C(\N)c1ccc(Cn2cc(C(F)(F)F)ccc2=O)cc1. The third-order valence-electron chi connectivity index (χ3n) is 3.46. The summed E-state index contributed by atoms with van der Waals surface area (Å²) in [5.74, 6) is -0.0518. The van der Waals surface area contributed by atoms with Crippen LogP contribution in [0.3, 0.4) is 0 Å². The molecule has 0 fully saturated rings. The van der Waals surface area contributed by atoms with E-state index >= 15 is 0 Å². The predicted molar refractivity (Wildman–Crippen MR) is 92.1 cm³/mol. The molecule has 0 spiro atoms. The van der Waals surface area contributed by atoms with Gasteiger partial charge in [0.2, 0.25) is 0 Å². The second-order valence-corrected chi connectivity index (χ2v) is 5.46. The van der Waals surface area contributed by atoms with E-state index in [4.69, 9.17) is 5.73 Å². The summed E-state index contributed by atoms with van der Waals surface area (Å²) in [6.07, 6.45) is -4.51. The molecule has 0 atom stereocenters. The number of oxime groups is 1. The highest BCUT2D eigenvalue weighted by Gasteiger charge is 2.31. The Morgan fingerprint density at radius 3 is 2.48 bits per heavy atom. The Morgan fingerprint density at radius 1 is 1.22 bits per heavy atom. The maximum Gasteiger partial charge on any atom is 0.433 e. The molecule has 7 nitrogen and oxygen atoms in total. The van der Waals surface area contributed by atoms with Crippen LogP contribution in [0.1, 0.15) is 23.6 Å². The van der Waals surface area contributed by atoms with Crippen LogP contribution in [0, 0.1) is 0 Å². The van der Waals surface area contributed by atoms with Crippen molar-refractivity contribution in [3.63, 3.8) is 0 Å². The Balaban J connectivity index is 2.13. The van der Waals surface area contributed by atoms with Gasteiger partial charge in [-0.1, -0.05) is 29.4 Å². The summed E-state index contributed by atoms with van der Waals surface area (Å²) >= 11 is 0. The Bertz CT molecular complexity index is 890. The molecule has 10 heteroatoms. The van der Waals surface area contributed by atoms with Crippen molar-refractivity contribution in [2.24, 2.45) is 10.9 Å². The molecule has 2 rings (SSSR count). The van der Waals surface area contributed by atoms with E-state index in [-0.39, 0.29) is 12.4 Å². The summed E-state index contributed by atoms with van der Waals surface area (Å²) in [6, 6.07) is 7.88. The molecular weight excluding hydrogens is 365 g/mol. The van der Waals surface area contributed by atoms with Crippen LogP contribution in [-0.4, -0.2) is 23.0 Å². The summed E-state index contributed by atoms with van der Waals surface area (Å²) < 4.78 is 39.3. The van der Waals surface area contributed by atoms with Gasteiger partial charge in [-0.05, 0) is 18.6 Å². The van der Waals surface area contributed by atoms with Crippen molar-refractivity contribution in [1.29, 1.82) is 0 Å². The van der Waals surface area contributed by atoms with E-state index in [0.717, 1.165) is 22.9 Å². The van der Waals surface area contributed by atoms with Crippen molar-refractivity contribution in [1.82, 2.24) is 9.88 Å². The number of halogens is 3. The van der Waals surface area contributed by atoms with E-state index < -0.39 is 23.4 Å². The van der Waals surface area contributed by atoms with E-state index in [1.54, 1.807) is 31.2 Å². The van der Waals surface area contributed by atoms with Crippen molar-refractivity contribution < 1.29 is 22.8 Å². The van der Waals surface area contributed by atoms with Crippen LogP contribution >= 0.6 is 0 Å². The molecule has 1 aromatic carbocycles. The van der Waals surface area contributed by atoms with Gasteiger partial charge in [0.15, 0.2) is 5.84 Å². The fraction of sp³-hybridized carbons (Fsp3) is 0.235. The summed E-state index contributed by atoms with van der Waals surface area (Å²) in [4.78, 5) is 27.5. The number of carbonyl (C=O) groups is 1. The smallest absolute Gasteiger partial charge is 0.380 e. The summed E-state index contributed by atoms with van der Waals surface area (Å²) in [7, 11) is 0. The number of hydrogen-bond acceptors (Lipinski definition) is 4. The highest BCUT2D eigenvalue weighted by atomic mass is 19.4. The largest absolute Gasteiger partial charge is 0.433 e. The minimum absolute atomic E-state index is 0.0461. The van der Waals surface area contributed by atoms with Gasteiger partial charge in [0, 0.05) is 24.4 Å². The first kappa shape index (κ1) is 20.0. The van der Waals surface area contributed by atoms with Crippen molar-refractivity contribution >= 4 is 11.9 Å². The second kappa shape index (κ2) is 8.39. The average Bonchev–Trinajstić information content (AvgIpc) is 2.61. The first-order valence-corrected chi connectivity index (χ1v) is 7.86. The number of pyridine rings is 1. The molecule has 0 aliphatic carbocycles. The first-order chi connectivity index (χ1) is 12.7. The van der Waals surface area contributed by atoms with Gasteiger partial charge < -0.3 is 15.6 Å². The maximum absolute atomic E-state index is 12.8. The molecular formula is C17H17F3N4O3. The number of nitrogens with one attached hydrogen (secondary N) is 1. The number of benzene rings is 1. The van der Waals surface area contributed by atoms with Crippen LogP contribution in [0.2, 0.25) is 0 Å². The van der Waals surface area contributed by atoms with Gasteiger partial charge in [-0.2, -0.15) is 13.2 Å². The molecule has 1 amide bonds. The number of hydrogen-bond donors (Lipinski definition) is 2. The highest BCUT2D eigenvalue weighted by Crippen LogP contribution is 2.28. The number of carbonyl (C=O) groups excluding carboxylic acids is 1. The minimum Gasteiger partial charge on any atom is -0.380 e. The quantitative estimate of drug-likeness (QED) is 0.359. The highest BCUT2D eigenvalue weighted by molar-refractivity contribution is 5.97. The average molecular weight is 382 g/mol. The predicted octanol–water partition coefficient (Wildman–Crippen LogP) is 2.28. The van der Waals surface area contributed by atoms with Crippen molar-refractivity contribution in [3.8, 4) is 0 Å². The van der Waals surface area contributed by atoms with E-state index in [1.807, 2.05) is 0 Å². The summed E-state index contributed by atoms with van der Waals surface area (Å²) in [5.41, 5.74) is 5.27. The van der Waals surface area contributed by atoms with Crippen LogP contribution < -0.4 is 16.6 Å². The second-order valence-electron chi connectivity index (χ2n) is 5.46. The summed E-state index contributed by atoms with van der Waals surface area (Å²) in [5, 5.41) is 5.85. The zero-order valence-electron chi connectivity index (χ0n) is 14.3. The summed E-state index contributed by atoms with van der Waals surface area (Å²) in [6.45, 7) is 2.04. The van der Waals surface area contributed by atoms with Gasteiger partial charge in [0.25, 0.3) is 5.56 Å². The van der Waals surface area contributed by atoms with Crippen molar-refractivity contribution in [2.45, 2.75) is 19.6 Å². The topological polar surface area (TPSA) is 98.7 Å².